The summed E-state index contributed by atoms with van der Waals surface area (Å²) in [6.07, 6.45) is 2.63. The summed E-state index contributed by atoms with van der Waals surface area (Å²) < 4.78 is 5.03. The van der Waals surface area contributed by atoms with Crippen LogP contribution in [0.25, 0.3) is 10.9 Å². The van der Waals surface area contributed by atoms with Crippen molar-refractivity contribution in [1.29, 1.82) is 5.26 Å². The van der Waals surface area contributed by atoms with Crippen LogP contribution in [-0.4, -0.2) is 24.5 Å². The van der Waals surface area contributed by atoms with Gasteiger partial charge in [-0.15, -0.1) is 11.8 Å². The van der Waals surface area contributed by atoms with Crippen molar-refractivity contribution in [2.45, 2.75) is 11.3 Å². The van der Waals surface area contributed by atoms with Crippen LogP contribution in [0, 0.1) is 11.3 Å². The van der Waals surface area contributed by atoms with Gasteiger partial charge in [-0.2, -0.15) is 5.26 Å². The number of aromatic nitrogens is 1. The molecule has 0 fully saturated rings. The number of ether oxygens (including phenoxy) is 1. The molecule has 0 N–H and O–H groups in total. The molecule has 4 heteroatoms. The lowest BCUT2D eigenvalue weighted by Crippen LogP contribution is -1.93. The van der Waals surface area contributed by atoms with Crippen LogP contribution < -0.4 is 0 Å². The fourth-order valence-electron chi connectivity index (χ4n) is 1.73. The Labute approximate surface area is 111 Å². The van der Waals surface area contributed by atoms with Crippen LogP contribution in [0.1, 0.15) is 12.0 Å². The molecule has 0 saturated carbocycles. The smallest absolute Gasteiger partial charge is 0.102 e. The lowest BCUT2D eigenvalue weighted by atomic mass is 10.2. The van der Waals surface area contributed by atoms with E-state index in [4.69, 9.17) is 10.00 Å². The number of hydrogen-bond acceptors (Lipinski definition) is 4. The van der Waals surface area contributed by atoms with E-state index in [0.717, 1.165) is 34.6 Å². The van der Waals surface area contributed by atoms with E-state index in [-0.39, 0.29) is 0 Å². The standard InChI is InChI=1S/C14H14N2OS/c1-17-7-4-8-18-14-11(9-15)10-16-13-6-3-2-5-12(13)14/h2-3,5-6,10H,4,7-8H2,1H3. The second-order valence-electron chi connectivity index (χ2n) is 3.82. The van der Waals surface area contributed by atoms with Gasteiger partial charge in [-0.25, -0.2) is 0 Å². The molecule has 1 aromatic carbocycles. The number of pyridine rings is 1. The van der Waals surface area contributed by atoms with Crippen LogP contribution >= 0.6 is 11.8 Å². The molecule has 0 aliphatic heterocycles. The number of nitrogens with zero attached hydrogens (tertiary/aromatic N) is 2. The molecule has 3 nitrogen and oxygen atoms in total. The van der Waals surface area contributed by atoms with Gasteiger partial charge in [-0.05, 0) is 12.5 Å². The summed E-state index contributed by atoms with van der Waals surface area (Å²) >= 11 is 1.70. The second-order valence-corrected chi connectivity index (χ2v) is 4.93. The summed E-state index contributed by atoms with van der Waals surface area (Å²) in [5.74, 6) is 0.941. The number of fused-ring (bicyclic) bond motifs is 1. The fraction of sp³-hybridized carbons (Fsp3) is 0.286. The topological polar surface area (TPSA) is 45.9 Å². The van der Waals surface area contributed by atoms with Crippen LogP contribution in [-0.2, 0) is 4.74 Å². The summed E-state index contributed by atoms with van der Waals surface area (Å²) in [7, 11) is 1.70. The van der Waals surface area contributed by atoms with E-state index in [1.807, 2.05) is 24.3 Å². The molecule has 1 aromatic heterocycles. The summed E-state index contributed by atoms with van der Waals surface area (Å²) in [4.78, 5) is 5.32. The molecule has 1 heterocycles. The number of hydrogen-bond donors (Lipinski definition) is 0. The lowest BCUT2D eigenvalue weighted by molar-refractivity contribution is 0.200. The minimum absolute atomic E-state index is 0.649. The number of thioether (sulfide) groups is 1. The summed E-state index contributed by atoms with van der Waals surface area (Å²) in [6, 6.07) is 10.1. The van der Waals surface area contributed by atoms with Gasteiger partial charge in [0.15, 0.2) is 0 Å². The molecule has 0 saturated heterocycles. The zero-order valence-corrected chi connectivity index (χ0v) is 11.0. The third kappa shape index (κ3) is 2.81. The number of benzene rings is 1. The van der Waals surface area contributed by atoms with Crippen LogP contribution in [0.2, 0.25) is 0 Å². The molecule has 0 aliphatic rings. The largest absolute Gasteiger partial charge is 0.385 e. The maximum Gasteiger partial charge on any atom is 0.102 e. The van der Waals surface area contributed by atoms with Crippen molar-refractivity contribution in [3.05, 3.63) is 36.0 Å². The molecule has 0 radical (unpaired) electrons. The first-order valence-corrected chi connectivity index (χ1v) is 6.75. The zero-order chi connectivity index (χ0) is 12.8. The highest BCUT2D eigenvalue weighted by molar-refractivity contribution is 7.99. The second kappa shape index (κ2) is 6.39. The zero-order valence-electron chi connectivity index (χ0n) is 10.2. The van der Waals surface area contributed by atoms with Crippen LogP contribution in [0.3, 0.4) is 0 Å². The maximum atomic E-state index is 9.15. The first-order valence-electron chi connectivity index (χ1n) is 5.76. The van der Waals surface area contributed by atoms with Gasteiger partial charge < -0.3 is 4.74 Å². The Morgan fingerprint density at radius 1 is 1.39 bits per heavy atom. The molecule has 2 rings (SSSR count). The van der Waals surface area contributed by atoms with E-state index in [9.17, 15) is 0 Å². The Morgan fingerprint density at radius 2 is 2.22 bits per heavy atom. The predicted molar refractivity (Wildman–Crippen MR) is 73.7 cm³/mol. The highest BCUT2D eigenvalue weighted by Crippen LogP contribution is 2.30. The highest BCUT2D eigenvalue weighted by atomic mass is 32.2. The molecule has 0 aliphatic carbocycles. The predicted octanol–water partition coefficient (Wildman–Crippen LogP) is 3.24. The van der Waals surface area contributed by atoms with Crippen molar-refractivity contribution < 1.29 is 4.74 Å². The molecule has 0 amide bonds. The molecule has 0 spiro atoms. The molecule has 0 unspecified atom stereocenters. The third-order valence-electron chi connectivity index (χ3n) is 2.59. The van der Waals surface area contributed by atoms with E-state index in [0.29, 0.717) is 5.56 Å². The van der Waals surface area contributed by atoms with Crippen molar-refractivity contribution in [2.75, 3.05) is 19.5 Å². The van der Waals surface area contributed by atoms with Gasteiger partial charge in [0.1, 0.15) is 6.07 Å². The molecule has 18 heavy (non-hydrogen) atoms. The SMILES string of the molecule is COCCCSc1c(C#N)cnc2ccccc12. The number of nitriles is 1. The molecular formula is C14H14N2OS. The van der Waals surface area contributed by atoms with Gasteiger partial charge in [0.05, 0.1) is 11.1 Å². The van der Waals surface area contributed by atoms with Crippen LogP contribution in [0.15, 0.2) is 35.4 Å². The number of para-hydroxylation sites is 1. The summed E-state index contributed by atoms with van der Waals surface area (Å²) in [5, 5.41) is 10.2. The average molecular weight is 258 g/mol. The maximum absolute atomic E-state index is 9.15. The molecule has 0 atom stereocenters. The van der Waals surface area contributed by atoms with Crippen molar-refractivity contribution in [3.63, 3.8) is 0 Å². The van der Waals surface area contributed by atoms with Crippen molar-refractivity contribution >= 4 is 22.7 Å². The molecule has 92 valence electrons. The first-order chi connectivity index (χ1) is 8.86. The summed E-state index contributed by atoms with van der Waals surface area (Å²) in [6.45, 7) is 0.748. The Morgan fingerprint density at radius 3 is 3.00 bits per heavy atom. The quantitative estimate of drug-likeness (QED) is 0.610. The Kier molecular flexibility index (Phi) is 4.57. The van der Waals surface area contributed by atoms with Gasteiger partial charge in [0, 0.05) is 35.9 Å². The minimum atomic E-state index is 0.649. The lowest BCUT2D eigenvalue weighted by Gasteiger charge is -2.07. The van der Waals surface area contributed by atoms with E-state index < -0.39 is 0 Å². The van der Waals surface area contributed by atoms with E-state index in [1.54, 1.807) is 25.1 Å². The fourth-order valence-corrected chi connectivity index (χ4v) is 2.78. The van der Waals surface area contributed by atoms with Crippen LogP contribution in [0.5, 0.6) is 0 Å². The highest BCUT2D eigenvalue weighted by Gasteiger charge is 2.08. The van der Waals surface area contributed by atoms with E-state index in [2.05, 4.69) is 11.1 Å². The average Bonchev–Trinajstić information content (AvgIpc) is 2.43. The van der Waals surface area contributed by atoms with Crippen molar-refractivity contribution in [1.82, 2.24) is 4.98 Å². The Hall–Kier alpha value is -1.57. The molecule has 2 aromatic rings. The van der Waals surface area contributed by atoms with Gasteiger partial charge >= 0.3 is 0 Å². The number of methoxy groups -OCH3 is 1. The molecular weight excluding hydrogens is 244 g/mol. The van der Waals surface area contributed by atoms with Crippen molar-refractivity contribution in [2.24, 2.45) is 0 Å². The van der Waals surface area contributed by atoms with E-state index in [1.165, 1.54) is 0 Å². The Balaban J connectivity index is 2.30. The van der Waals surface area contributed by atoms with Crippen molar-refractivity contribution in [3.8, 4) is 6.07 Å². The molecule has 0 bridgehead atoms. The van der Waals surface area contributed by atoms with E-state index >= 15 is 0 Å². The Bertz CT molecular complexity index is 578. The van der Waals surface area contributed by atoms with Crippen LogP contribution in [0.4, 0.5) is 0 Å². The normalized spacial score (nSPS) is 10.4. The third-order valence-corrected chi connectivity index (χ3v) is 3.81. The van der Waals surface area contributed by atoms with Gasteiger partial charge in [-0.1, -0.05) is 18.2 Å². The minimum Gasteiger partial charge on any atom is -0.385 e. The monoisotopic (exact) mass is 258 g/mol. The summed E-state index contributed by atoms with van der Waals surface area (Å²) in [5.41, 5.74) is 1.59. The van der Waals surface area contributed by atoms with Gasteiger partial charge in [0.2, 0.25) is 0 Å². The number of rotatable bonds is 5. The van der Waals surface area contributed by atoms with Gasteiger partial charge in [0.25, 0.3) is 0 Å². The van der Waals surface area contributed by atoms with Gasteiger partial charge in [-0.3, -0.25) is 4.98 Å². The first kappa shape index (κ1) is 12.9.